The number of aromatic amines is 1. The number of aliphatic hydroxyl groups excluding tert-OH is 1. The summed E-state index contributed by atoms with van der Waals surface area (Å²) in [6, 6.07) is 9.90. The number of para-hydroxylation sites is 1. The first-order valence-corrected chi connectivity index (χ1v) is 9.98. The number of rotatable bonds is 5. The van der Waals surface area contributed by atoms with Crippen LogP contribution in [0.2, 0.25) is 0 Å². The van der Waals surface area contributed by atoms with Crippen LogP contribution < -0.4 is 5.32 Å². The van der Waals surface area contributed by atoms with Crippen LogP contribution in [0.25, 0.3) is 10.9 Å². The molecule has 3 aromatic rings. The fourth-order valence-corrected chi connectivity index (χ4v) is 4.23. The maximum absolute atomic E-state index is 13.2. The molecule has 1 aromatic carbocycles. The predicted molar refractivity (Wildman–Crippen MR) is 106 cm³/mol. The maximum Gasteiger partial charge on any atom is 0.255 e. The van der Waals surface area contributed by atoms with Gasteiger partial charge in [0.25, 0.3) is 5.91 Å². The quantitative estimate of drug-likeness (QED) is 0.637. The molecule has 144 valence electrons. The zero-order valence-electron chi connectivity index (χ0n) is 15.9. The SMILES string of the molecule is Cc1[nH]nc(C2CC2)c1C(=O)NC(c1cnc2ccccc2c1)C1CC(O)C1. The van der Waals surface area contributed by atoms with E-state index in [0.29, 0.717) is 24.3 Å². The molecule has 2 fully saturated rings. The summed E-state index contributed by atoms with van der Waals surface area (Å²) in [6.07, 6.45) is 5.14. The van der Waals surface area contributed by atoms with Crippen LogP contribution in [0.1, 0.15) is 65.0 Å². The highest BCUT2D eigenvalue weighted by Gasteiger charge is 2.38. The number of carbonyl (C=O) groups is 1. The molecule has 0 spiro atoms. The number of aryl methyl sites for hydroxylation is 1. The van der Waals surface area contributed by atoms with Gasteiger partial charge in [-0.05, 0) is 56.2 Å². The van der Waals surface area contributed by atoms with E-state index in [0.717, 1.165) is 40.7 Å². The third kappa shape index (κ3) is 3.07. The van der Waals surface area contributed by atoms with Crippen LogP contribution in [0.5, 0.6) is 0 Å². The minimum atomic E-state index is -0.282. The first-order valence-electron chi connectivity index (χ1n) is 9.98. The molecule has 2 aromatic heterocycles. The standard InChI is InChI=1S/C22H24N4O2/c1-12-19(21(26-25-12)13-6-7-13)22(28)24-20(15-9-17(27)10-15)16-8-14-4-2-3-5-18(14)23-11-16/h2-5,8,11,13,15,17,20,27H,6-7,9-10H2,1H3,(H,24,28)(H,25,26). The number of hydrogen-bond donors (Lipinski definition) is 3. The van der Waals surface area contributed by atoms with Crippen molar-refractivity contribution in [2.24, 2.45) is 5.92 Å². The van der Waals surface area contributed by atoms with Crippen LogP contribution in [0, 0.1) is 12.8 Å². The minimum absolute atomic E-state index is 0.0901. The second-order valence-electron chi connectivity index (χ2n) is 8.18. The van der Waals surface area contributed by atoms with Crippen molar-refractivity contribution in [2.75, 3.05) is 0 Å². The van der Waals surface area contributed by atoms with Gasteiger partial charge in [-0.3, -0.25) is 14.9 Å². The molecule has 6 heteroatoms. The Labute approximate surface area is 163 Å². The molecule has 2 aliphatic rings. The number of amides is 1. The fraction of sp³-hybridized carbons (Fsp3) is 0.409. The molecule has 0 radical (unpaired) electrons. The molecule has 2 aliphatic carbocycles. The molecule has 28 heavy (non-hydrogen) atoms. The van der Waals surface area contributed by atoms with Gasteiger partial charge in [-0.1, -0.05) is 18.2 Å². The number of nitrogens with zero attached hydrogens (tertiary/aromatic N) is 2. The summed E-state index contributed by atoms with van der Waals surface area (Å²) in [7, 11) is 0. The Morgan fingerprint density at radius 2 is 2.07 bits per heavy atom. The Morgan fingerprint density at radius 1 is 1.29 bits per heavy atom. The molecule has 0 bridgehead atoms. The van der Waals surface area contributed by atoms with Crippen LogP contribution >= 0.6 is 0 Å². The van der Waals surface area contributed by atoms with Crippen molar-refractivity contribution in [3.05, 3.63) is 59.0 Å². The highest BCUT2D eigenvalue weighted by molar-refractivity contribution is 5.97. The zero-order valence-corrected chi connectivity index (χ0v) is 15.9. The van der Waals surface area contributed by atoms with Crippen LogP contribution in [-0.2, 0) is 0 Å². The summed E-state index contributed by atoms with van der Waals surface area (Å²) in [6.45, 7) is 1.90. The summed E-state index contributed by atoms with van der Waals surface area (Å²) in [5, 5.41) is 21.5. The van der Waals surface area contributed by atoms with Crippen molar-refractivity contribution in [1.82, 2.24) is 20.5 Å². The largest absolute Gasteiger partial charge is 0.393 e. The third-order valence-corrected chi connectivity index (χ3v) is 6.04. The van der Waals surface area contributed by atoms with E-state index in [1.54, 1.807) is 0 Å². The van der Waals surface area contributed by atoms with E-state index in [-0.39, 0.29) is 24.0 Å². The van der Waals surface area contributed by atoms with E-state index in [9.17, 15) is 9.90 Å². The molecule has 1 amide bonds. The number of aliphatic hydroxyl groups is 1. The van der Waals surface area contributed by atoms with Gasteiger partial charge < -0.3 is 10.4 Å². The number of H-pyrrole nitrogens is 1. The van der Waals surface area contributed by atoms with Gasteiger partial charge in [0.05, 0.1) is 28.9 Å². The molecule has 2 heterocycles. The number of benzene rings is 1. The van der Waals surface area contributed by atoms with Crippen molar-refractivity contribution in [3.8, 4) is 0 Å². The summed E-state index contributed by atoms with van der Waals surface area (Å²) in [5.41, 5.74) is 4.30. The van der Waals surface area contributed by atoms with E-state index < -0.39 is 0 Å². The molecule has 0 saturated heterocycles. The van der Waals surface area contributed by atoms with Gasteiger partial charge in [-0.15, -0.1) is 0 Å². The normalized spacial score (nSPS) is 22.6. The highest BCUT2D eigenvalue weighted by Crippen LogP contribution is 2.42. The van der Waals surface area contributed by atoms with Gasteiger partial charge in [0.1, 0.15) is 0 Å². The van der Waals surface area contributed by atoms with Crippen molar-refractivity contribution < 1.29 is 9.90 Å². The smallest absolute Gasteiger partial charge is 0.255 e. The summed E-state index contributed by atoms with van der Waals surface area (Å²) in [5.74, 6) is 0.517. The maximum atomic E-state index is 13.2. The summed E-state index contributed by atoms with van der Waals surface area (Å²) in [4.78, 5) is 17.8. The van der Waals surface area contributed by atoms with Gasteiger partial charge in [-0.2, -0.15) is 5.10 Å². The second kappa shape index (κ2) is 6.71. The Hall–Kier alpha value is -2.73. The lowest BCUT2D eigenvalue weighted by atomic mass is 9.75. The highest BCUT2D eigenvalue weighted by atomic mass is 16.3. The van der Waals surface area contributed by atoms with Crippen LogP contribution in [0.3, 0.4) is 0 Å². The Bertz CT molecular complexity index is 1030. The van der Waals surface area contributed by atoms with Crippen LogP contribution in [-0.4, -0.2) is 32.3 Å². The lowest BCUT2D eigenvalue weighted by Crippen LogP contribution is -2.41. The van der Waals surface area contributed by atoms with Gasteiger partial charge in [0.2, 0.25) is 0 Å². The van der Waals surface area contributed by atoms with Gasteiger partial charge in [-0.25, -0.2) is 0 Å². The number of pyridine rings is 1. The van der Waals surface area contributed by atoms with E-state index in [2.05, 4.69) is 26.6 Å². The molecule has 1 atom stereocenters. The lowest BCUT2D eigenvalue weighted by molar-refractivity contribution is 0.0235. The van der Waals surface area contributed by atoms with Crippen molar-refractivity contribution in [1.29, 1.82) is 0 Å². The molecule has 1 unspecified atom stereocenters. The monoisotopic (exact) mass is 376 g/mol. The van der Waals surface area contributed by atoms with Gasteiger partial charge in [0.15, 0.2) is 0 Å². The molecular formula is C22H24N4O2. The molecule has 3 N–H and O–H groups in total. The number of nitrogens with one attached hydrogen (secondary N) is 2. The first kappa shape index (κ1) is 17.4. The molecule has 6 nitrogen and oxygen atoms in total. The number of hydrogen-bond acceptors (Lipinski definition) is 4. The first-order chi connectivity index (χ1) is 13.6. The summed E-state index contributed by atoms with van der Waals surface area (Å²) >= 11 is 0. The average Bonchev–Trinajstić information content (AvgIpc) is 3.45. The van der Waals surface area contributed by atoms with E-state index >= 15 is 0 Å². The summed E-state index contributed by atoms with van der Waals surface area (Å²) < 4.78 is 0. The minimum Gasteiger partial charge on any atom is -0.393 e. The number of fused-ring (bicyclic) bond motifs is 1. The molecular weight excluding hydrogens is 352 g/mol. The van der Waals surface area contributed by atoms with Crippen molar-refractivity contribution >= 4 is 16.8 Å². The lowest BCUT2D eigenvalue weighted by Gasteiger charge is -2.38. The predicted octanol–water partition coefficient (Wildman–Crippen LogP) is 3.39. The Morgan fingerprint density at radius 3 is 2.82 bits per heavy atom. The number of carbonyl (C=O) groups excluding carboxylic acids is 1. The third-order valence-electron chi connectivity index (χ3n) is 6.04. The van der Waals surface area contributed by atoms with Gasteiger partial charge >= 0.3 is 0 Å². The van der Waals surface area contributed by atoms with Crippen molar-refractivity contribution in [2.45, 2.75) is 50.7 Å². The van der Waals surface area contributed by atoms with E-state index in [4.69, 9.17) is 0 Å². The van der Waals surface area contributed by atoms with Crippen LogP contribution in [0.15, 0.2) is 36.5 Å². The zero-order chi connectivity index (χ0) is 19.3. The topological polar surface area (TPSA) is 90.9 Å². The average molecular weight is 376 g/mol. The Kier molecular flexibility index (Phi) is 4.16. The fourth-order valence-electron chi connectivity index (χ4n) is 4.23. The molecule has 0 aliphatic heterocycles. The van der Waals surface area contributed by atoms with Crippen LogP contribution in [0.4, 0.5) is 0 Å². The Balaban J connectivity index is 1.47. The number of aromatic nitrogens is 3. The van der Waals surface area contributed by atoms with Crippen molar-refractivity contribution in [3.63, 3.8) is 0 Å². The van der Waals surface area contributed by atoms with Gasteiger partial charge in [0, 0.05) is 23.2 Å². The van der Waals surface area contributed by atoms with E-state index in [1.165, 1.54) is 0 Å². The molecule has 2 saturated carbocycles. The molecule has 5 rings (SSSR count). The van der Waals surface area contributed by atoms with E-state index in [1.807, 2.05) is 37.4 Å². The second-order valence-corrected chi connectivity index (χ2v) is 8.18.